The summed E-state index contributed by atoms with van der Waals surface area (Å²) in [6.45, 7) is 4.30. The summed E-state index contributed by atoms with van der Waals surface area (Å²) in [5.41, 5.74) is 5.55. The summed E-state index contributed by atoms with van der Waals surface area (Å²) in [7, 11) is 0. The summed E-state index contributed by atoms with van der Waals surface area (Å²) >= 11 is 0. The first-order valence-corrected chi connectivity index (χ1v) is 4.87. The molecule has 72 valence electrons. The number of nitrogens with two attached hydrogens (primary N) is 1. The second kappa shape index (κ2) is 5.00. The molecule has 2 heteroatoms. The van der Waals surface area contributed by atoms with Crippen LogP contribution in [0.1, 0.15) is 37.4 Å². The van der Waals surface area contributed by atoms with Gasteiger partial charge in [-0.15, -0.1) is 0 Å². The van der Waals surface area contributed by atoms with Gasteiger partial charge in [0.15, 0.2) is 0 Å². The van der Waals surface area contributed by atoms with Crippen molar-refractivity contribution in [2.75, 3.05) is 0 Å². The molecule has 13 heavy (non-hydrogen) atoms. The minimum Gasteiger partial charge on any atom is -0.271 e. The maximum absolute atomic E-state index is 5.49. The van der Waals surface area contributed by atoms with Gasteiger partial charge in [-0.1, -0.05) is 38.1 Å². The zero-order valence-corrected chi connectivity index (χ0v) is 8.38. The third kappa shape index (κ3) is 2.29. The topological polar surface area (TPSA) is 38.0 Å². The third-order valence-corrected chi connectivity index (χ3v) is 2.42. The lowest BCUT2D eigenvalue weighted by molar-refractivity contribution is 0.535. The van der Waals surface area contributed by atoms with Crippen LogP contribution in [0.3, 0.4) is 0 Å². The van der Waals surface area contributed by atoms with Crippen LogP contribution in [-0.2, 0) is 6.42 Å². The van der Waals surface area contributed by atoms with Crippen molar-refractivity contribution in [3.8, 4) is 0 Å². The number of hydrogen-bond donors (Lipinski definition) is 2. The molecular formula is C11H18N2. The Morgan fingerprint density at radius 1 is 1.31 bits per heavy atom. The van der Waals surface area contributed by atoms with Gasteiger partial charge in [-0.2, -0.15) is 0 Å². The summed E-state index contributed by atoms with van der Waals surface area (Å²) in [4.78, 5) is 0. The Morgan fingerprint density at radius 2 is 2.00 bits per heavy atom. The number of hydrogen-bond acceptors (Lipinski definition) is 2. The summed E-state index contributed by atoms with van der Waals surface area (Å²) in [6, 6.07) is 8.73. The van der Waals surface area contributed by atoms with E-state index in [1.165, 1.54) is 11.1 Å². The Balaban J connectivity index is 2.96. The first-order valence-electron chi connectivity index (χ1n) is 4.87. The summed E-state index contributed by atoms with van der Waals surface area (Å²) in [5, 5.41) is 0. The number of rotatable bonds is 4. The van der Waals surface area contributed by atoms with Crippen molar-refractivity contribution < 1.29 is 0 Å². The van der Waals surface area contributed by atoms with Crippen LogP contribution in [0.4, 0.5) is 0 Å². The zero-order chi connectivity index (χ0) is 9.68. The zero-order valence-electron chi connectivity index (χ0n) is 8.38. The third-order valence-electron chi connectivity index (χ3n) is 2.42. The number of aryl methyl sites for hydroxylation is 1. The first-order chi connectivity index (χ1) is 6.33. The fourth-order valence-electron chi connectivity index (χ4n) is 1.62. The maximum atomic E-state index is 5.49. The fourth-order valence-corrected chi connectivity index (χ4v) is 1.62. The molecule has 2 nitrogen and oxygen atoms in total. The van der Waals surface area contributed by atoms with E-state index in [1.807, 2.05) is 0 Å². The van der Waals surface area contributed by atoms with Crippen LogP contribution in [0.15, 0.2) is 24.3 Å². The number of benzene rings is 1. The van der Waals surface area contributed by atoms with E-state index in [0.717, 1.165) is 12.8 Å². The summed E-state index contributed by atoms with van der Waals surface area (Å²) < 4.78 is 0. The van der Waals surface area contributed by atoms with E-state index in [2.05, 4.69) is 43.5 Å². The second-order valence-corrected chi connectivity index (χ2v) is 3.18. The minimum atomic E-state index is 0.288. The predicted molar refractivity (Wildman–Crippen MR) is 56.2 cm³/mol. The summed E-state index contributed by atoms with van der Waals surface area (Å²) in [6.07, 6.45) is 2.09. The molecule has 0 aliphatic carbocycles. The molecule has 1 aromatic carbocycles. The largest absolute Gasteiger partial charge is 0.271 e. The molecule has 1 aromatic rings. The number of hydrazine groups is 1. The Kier molecular flexibility index (Phi) is 3.93. The Bertz CT molecular complexity index is 254. The van der Waals surface area contributed by atoms with Gasteiger partial charge in [-0.25, -0.2) is 0 Å². The molecule has 0 spiro atoms. The van der Waals surface area contributed by atoms with Gasteiger partial charge in [0.1, 0.15) is 0 Å². The highest BCUT2D eigenvalue weighted by Gasteiger charge is 2.09. The van der Waals surface area contributed by atoms with E-state index in [1.54, 1.807) is 0 Å². The van der Waals surface area contributed by atoms with E-state index in [-0.39, 0.29) is 6.04 Å². The molecule has 0 aromatic heterocycles. The Morgan fingerprint density at radius 3 is 2.54 bits per heavy atom. The second-order valence-electron chi connectivity index (χ2n) is 3.18. The van der Waals surface area contributed by atoms with Crippen molar-refractivity contribution in [3.05, 3.63) is 35.4 Å². The lowest BCUT2D eigenvalue weighted by Gasteiger charge is -2.17. The number of nitrogens with one attached hydrogen (secondary N) is 1. The molecule has 1 rings (SSSR count). The Hall–Kier alpha value is -0.860. The predicted octanol–water partition coefficient (Wildman–Crippen LogP) is 2.16. The lowest BCUT2D eigenvalue weighted by Crippen LogP contribution is -2.28. The highest BCUT2D eigenvalue weighted by Crippen LogP contribution is 2.20. The molecule has 0 aliphatic heterocycles. The molecule has 0 heterocycles. The van der Waals surface area contributed by atoms with E-state index in [9.17, 15) is 0 Å². The molecule has 0 radical (unpaired) electrons. The van der Waals surface area contributed by atoms with Crippen molar-refractivity contribution in [3.63, 3.8) is 0 Å². The van der Waals surface area contributed by atoms with Gasteiger partial charge in [-0.05, 0) is 24.0 Å². The normalized spacial score (nSPS) is 12.8. The van der Waals surface area contributed by atoms with Crippen molar-refractivity contribution in [2.45, 2.75) is 32.7 Å². The average molecular weight is 178 g/mol. The van der Waals surface area contributed by atoms with Gasteiger partial charge >= 0.3 is 0 Å². The first kappa shape index (κ1) is 10.2. The molecule has 0 aliphatic rings. The smallest absolute Gasteiger partial charge is 0.0460 e. The van der Waals surface area contributed by atoms with Gasteiger partial charge in [0.2, 0.25) is 0 Å². The van der Waals surface area contributed by atoms with E-state index < -0.39 is 0 Å². The van der Waals surface area contributed by atoms with E-state index in [0.29, 0.717) is 0 Å². The molecule has 0 bridgehead atoms. The molecule has 0 fully saturated rings. The van der Waals surface area contributed by atoms with Crippen LogP contribution in [0.2, 0.25) is 0 Å². The Labute approximate surface area is 80.1 Å². The van der Waals surface area contributed by atoms with Crippen LogP contribution in [-0.4, -0.2) is 0 Å². The van der Waals surface area contributed by atoms with Crippen LogP contribution in [0.25, 0.3) is 0 Å². The van der Waals surface area contributed by atoms with E-state index >= 15 is 0 Å². The monoisotopic (exact) mass is 178 g/mol. The van der Waals surface area contributed by atoms with E-state index in [4.69, 9.17) is 5.84 Å². The van der Waals surface area contributed by atoms with Gasteiger partial charge in [0.25, 0.3) is 0 Å². The summed E-state index contributed by atoms with van der Waals surface area (Å²) in [5.74, 6) is 5.49. The van der Waals surface area contributed by atoms with Crippen LogP contribution >= 0.6 is 0 Å². The molecule has 3 N–H and O–H groups in total. The van der Waals surface area contributed by atoms with Crippen LogP contribution in [0, 0.1) is 0 Å². The fraction of sp³-hybridized carbons (Fsp3) is 0.455. The molecule has 0 amide bonds. The van der Waals surface area contributed by atoms with Crippen LogP contribution in [0.5, 0.6) is 0 Å². The lowest BCUT2D eigenvalue weighted by atomic mass is 9.97. The molecule has 1 unspecified atom stereocenters. The average Bonchev–Trinajstić information content (AvgIpc) is 2.20. The van der Waals surface area contributed by atoms with Crippen molar-refractivity contribution >= 4 is 0 Å². The molecular weight excluding hydrogens is 160 g/mol. The molecule has 0 saturated heterocycles. The molecule has 1 atom stereocenters. The highest BCUT2D eigenvalue weighted by atomic mass is 15.2. The standard InChI is InChI=1S/C11H18N2/c1-3-9-7-5-6-8-10(9)11(4-2)13-12/h5-8,11,13H,3-4,12H2,1-2H3. The van der Waals surface area contributed by atoms with Crippen molar-refractivity contribution in [1.29, 1.82) is 0 Å². The van der Waals surface area contributed by atoms with Crippen molar-refractivity contribution in [2.24, 2.45) is 5.84 Å². The quantitative estimate of drug-likeness (QED) is 0.547. The van der Waals surface area contributed by atoms with Gasteiger partial charge < -0.3 is 0 Å². The van der Waals surface area contributed by atoms with Gasteiger partial charge in [0, 0.05) is 6.04 Å². The highest BCUT2D eigenvalue weighted by molar-refractivity contribution is 5.29. The SMILES string of the molecule is CCc1ccccc1C(CC)NN. The maximum Gasteiger partial charge on any atom is 0.0460 e. The van der Waals surface area contributed by atoms with Gasteiger partial charge in [0.05, 0.1) is 0 Å². The minimum absolute atomic E-state index is 0.288. The molecule has 0 saturated carbocycles. The van der Waals surface area contributed by atoms with Crippen molar-refractivity contribution in [1.82, 2.24) is 5.43 Å². The van der Waals surface area contributed by atoms with Gasteiger partial charge in [-0.3, -0.25) is 11.3 Å². The van der Waals surface area contributed by atoms with Crippen LogP contribution < -0.4 is 11.3 Å².